The van der Waals surface area contributed by atoms with E-state index in [1.165, 1.54) is 12.1 Å². The third-order valence-corrected chi connectivity index (χ3v) is 5.42. The number of halogens is 1. The number of carbonyl (C=O) groups excluding carboxylic acids is 1. The van der Waals surface area contributed by atoms with E-state index < -0.39 is 0 Å². The van der Waals surface area contributed by atoms with E-state index in [0.29, 0.717) is 11.5 Å². The number of pyridine rings is 2. The molecule has 0 saturated carbocycles. The average Bonchev–Trinajstić information content (AvgIpc) is 3.12. The van der Waals surface area contributed by atoms with Crippen LogP contribution in [0.5, 0.6) is 0 Å². The summed E-state index contributed by atoms with van der Waals surface area (Å²) >= 11 is 0. The Bertz CT molecular complexity index is 1180. The molecule has 0 aliphatic heterocycles. The van der Waals surface area contributed by atoms with Crippen LogP contribution in [-0.4, -0.2) is 20.9 Å². The van der Waals surface area contributed by atoms with Crippen molar-refractivity contribution >= 4 is 22.8 Å². The van der Waals surface area contributed by atoms with Crippen LogP contribution in [-0.2, 0) is 4.79 Å². The van der Waals surface area contributed by atoms with Gasteiger partial charge in [-0.25, -0.2) is 9.37 Å². The molecule has 0 fully saturated rings. The third-order valence-electron chi connectivity index (χ3n) is 5.42. The van der Waals surface area contributed by atoms with Crippen LogP contribution in [0.3, 0.4) is 0 Å². The minimum atomic E-state index is -0.289. The van der Waals surface area contributed by atoms with E-state index >= 15 is 0 Å². The standard InChI is InChI=1S/C24H23FN4O/c1-14(2)15(3)24(30)28-20-9-8-19-21(16-10-12-26-13-11-16)22(29-23(19)27-20)17-4-6-18(25)7-5-17/h4-15H,1-3H3,(H2,27,28,29,30)/t15-/m0/s1. The summed E-state index contributed by atoms with van der Waals surface area (Å²) in [5.74, 6) is 0.267. The van der Waals surface area contributed by atoms with E-state index in [1.54, 1.807) is 30.6 Å². The lowest BCUT2D eigenvalue weighted by molar-refractivity contribution is -0.120. The van der Waals surface area contributed by atoms with Gasteiger partial charge in [-0.05, 0) is 65.6 Å². The van der Waals surface area contributed by atoms with Crippen molar-refractivity contribution in [3.63, 3.8) is 0 Å². The number of rotatable bonds is 5. The summed E-state index contributed by atoms with van der Waals surface area (Å²) in [7, 11) is 0. The predicted molar refractivity (Wildman–Crippen MR) is 117 cm³/mol. The van der Waals surface area contributed by atoms with E-state index in [9.17, 15) is 9.18 Å². The molecule has 5 nitrogen and oxygen atoms in total. The van der Waals surface area contributed by atoms with Crippen LogP contribution < -0.4 is 5.32 Å². The molecule has 1 aromatic carbocycles. The van der Waals surface area contributed by atoms with Crippen LogP contribution in [0.4, 0.5) is 10.2 Å². The predicted octanol–water partition coefficient (Wildman–Crippen LogP) is 5.66. The van der Waals surface area contributed by atoms with Gasteiger partial charge in [-0.1, -0.05) is 20.8 Å². The molecule has 0 aliphatic rings. The number of aromatic amines is 1. The zero-order valence-electron chi connectivity index (χ0n) is 17.1. The first-order valence-corrected chi connectivity index (χ1v) is 9.94. The van der Waals surface area contributed by atoms with Crippen LogP contribution in [0, 0.1) is 17.7 Å². The molecule has 0 radical (unpaired) electrons. The lowest BCUT2D eigenvalue weighted by Crippen LogP contribution is -2.24. The first kappa shape index (κ1) is 19.8. The summed E-state index contributed by atoms with van der Waals surface area (Å²) < 4.78 is 13.5. The van der Waals surface area contributed by atoms with Crippen molar-refractivity contribution in [1.29, 1.82) is 0 Å². The van der Waals surface area contributed by atoms with Gasteiger partial charge in [-0.15, -0.1) is 0 Å². The molecule has 0 unspecified atom stereocenters. The molecular formula is C24H23FN4O. The number of anilines is 1. The van der Waals surface area contributed by atoms with Crippen molar-refractivity contribution in [3.8, 4) is 22.4 Å². The number of aromatic nitrogens is 3. The molecule has 2 N–H and O–H groups in total. The van der Waals surface area contributed by atoms with Gasteiger partial charge in [0.2, 0.25) is 5.91 Å². The summed E-state index contributed by atoms with van der Waals surface area (Å²) in [4.78, 5) is 24.5. The fourth-order valence-corrected chi connectivity index (χ4v) is 3.34. The Morgan fingerprint density at radius 1 is 0.967 bits per heavy atom. The SMILES string of the molecule is CC(C)[C@H](C)C(=O)Nc1ccc2c(-c3ccncc3)c(-c3ccc(F)cc3)[nH]c2n1. The Labute approximate surface area is 174 Å². The van der Waals surface area contributed by atoms with Crippen LogP contribution in [0.25, 0.3) is 33.4 Å². The zero-order chi connectivity index (χ0) is 21.3. The molecule has 30 heavy (non-hydrogen) atoms. The number of amides is 1. The average molecular weight is 402 g/mol. The number of benzene rings is 1. The second-order valence-electron chi connectivity index (χ2n) is 7.73. The number of nitrogens with zero attached hydrogens (tertiary/aromatic N) is 2. The number of hydrogen-bond donors (Lipinski definition) is 2. The maximum atomic E-state index is 13.5. The Morgan fingerprint density at radius 3 is 2.33 bits per heavy atom. The number of nitrogens with one attached hydrogen (secondary N) is 2. The van der Waals surface area contributed by atoms with Gasteiger partial charge in [0.05, 0.1) is 5.69 Å². The van der Waals surface area contributed by atoms with Crippen molar-refractivity contribution in [3.05, 3.63) is 66.7 Å². The highest BCUT2D eigenvalue weighted by Crippen LogP contribution is 2.38. The molecule has 4 rings (SSSR count). The molecular weight excluding hydrogens is 379 g/mol. The molecule has 0 saturated heterocycles. The molecule has 152 valence electrons. The van der Waals surface area contributed by atoms with E-state index in [0.717, 1.165) is 27.8 Å². The number of H-pyrrole nitrogens is 1. The molecule has 3 aromatic heterocycles. The summed E-state index contributed by atoms with van der Waals surface area (Å²) in [6.07, 6.45) is 3.47. The second-order valence-corrected chi connectivity index (χ2v) is 7.73. The van der Waals surface area contributed by atoms with Crippen molar-refractivity contribution < 1.29 is 9.18 Å². The highest BCUT2D eigenvalue weighted by molar-refractivity contribution is 6.03. The molecule has 6 heteroatoms. The monoisotopic (exact) mass is 402 g/mol. The molecule has 4 aromatic rings. The highest BCUT2D eigenvalue weighted by Gasteiger charge is 2.19. The summed E-state index contributed by atoms with van der Waals surface area (Å²) in [6, 6.07) is 13.9. The van der Waals surface area contributed by atoms with Gasteiger partial charge in [0.25, 0.3) is 0 Å². The molecule has 3 heterocycles. The number of carbonyl (C=O) groups is 1. The van der Waals surface area contributed by atoms with Gasteiger partial charge < -0.3 is 10.3 Å². The van der Waals surface area contributed by atoms with Gasteiger partial charge in [0.15, 0.2) is 0 Å². The minimum Gasteiger partial charge on any atom is -0.339 e. The van der Waals surface area contributed by atoms with Crippen LogP contribution >= 0.6 is 0 Å². The van der Waals surface area contributed by atoms with Crippen LogP contribution in [0.2, 0.25) is 0 Å². The van der Waals surface area contributed by atoms with E-state index in [4.69, 9.17) is 0 Å². The molecule has 0 aliphatic carbocycles. The van der Waals surface area contributed by atoms with Gasteiger partial charge in [0.1, 0.15) is 17.3 Å². The topological polar surface area (TPSA) is 70.7 Å². The quantitative estimate of drug-likeness (QED) is 0.452. The second kappa shape index (κ2) is 8.06. The maximum absolute atomic E-state index is 13.5. The van der Waals surface area contributed by atoms with Gasteiger partial charge in [-0.2, -0.15) is 0 Å². The van der Waals surface area contributed by atoms with Crippen molar-refractivity contribution in [2.45, 2.75) is 20.8 Å². The van der Waals surface area contributed by atoms with Gasteiger partial charge >= 0.3 is 0 Å². The van der Waals surface area contributed by atoms with Crippen molar-refractivity contribution in [2.75, 3.05) is 5.32 Å². The van der Waals surface area contributed by atoms with Gasteiger partial charge in [-0.3, -0.25) is 9.78 Å². The minimum absolute atomic E-state index is 0.0588. The molecule has 1 amide bonds. The zero-order valence-corrected chi connectivity index (χ0v) is 17.1. The van der Waals surface area contributed by atoms with Crippen molar-refractivity contribution in [1.82, 2.24) is 15.0 Å². The first-order valence-electron chi connectivity index (χ1n) is 9.94. The summed E-state index contributed by atoms with van der Waals surface area (Å²) in [5, 5.41) is 3.81. The normalized spacial score (nSPS) is 12.3. The summed E-state index contributed by atoms with van der Waals surface area (Å²) in [6.45, 7) is 5.94. The van der Waals surface area contributed by atoms with Crippen molar-refractivity contribution in [2.24, 2.45) is 11.8 Å². The Hall–Kier alpha value is -3.54. The first-order chi connectivity index (χ1) is 14.4. The molecule has 0 bridgehead atoms. The Morgan fingerprint density at radius 2 is 1.67 bits per heavy atom. The third kappa shape index (κ3) is 3.81. The smallest absolute Gasteiger partial charge is 0.228 e. The van der Waals surface area contributed by atoms with Gasteiger partial charge in [0, 0.05) is 29.3 Å². The fourth-order valence-electron chi connectivity index (χ4n) is 3.34. The number of fused-ring (bicyclic) bond motifs is 1. The van der Waals surface area contributed by atoms with E-state index in [2.05, 4.69) is 20.3 Å². The van der Waals surface area contributed by atoms with Crippen LogP contribution in [0.1, 0.15) is 20.8 Å². The lowest BCUT2D eigenvalue weighted by atomic mass is 9.97. The maximum Gasteiger partial charge on any atom is 0.228 e. The Kier molecular flexibility index (Phi) is 5.31. The Balaban J connectivity index is 1.82. The van der Waals surface area contributed by atoms with E-state index in [-0.39, 0.29) is 23.6 Å². The highest BCUT2D eigenvalue weighted by atomic mass is 19.1. The van der Waals surface area contributed by atoms with Crippen LogP contribution in [0.15, 0.2) is 60.9 Å². The molecule has 1 atom stereocenters. The summed E-state index contributed by atoms with van der Waals surface area (Å²) in [5.41, 5.74) is 4.27. The largest absolute Gasteiger partial charge is 0.339 e. The lowest BCUT2D eigenvalue weighted by Gasteiger charge is -2.14. The molecule has 0 spiro atoms. The fraction of sp³-hybridized carbons (Fsp3) is 0.208. The van der Waals surface area contributed by atoms with E-state index in [1.807, 2.05) is 39.0 Å². The number of hydrogen-bond acceptors (Lipinski definition) is 3.